The van der Waals surface area contributed by atoms with Crippen LogP contribution in [0.25, 0.3) is 0 Å². The molecule has 0 fully saturated rings. The molecule has 0 radical (unpaired) electrons. The van der Waals surface area contributed by atoms with Crippen LogP contribution in [0.1, 0.15) is 60.1 Å². The Balaban J connectivity index is 0.000000251. The number of hydrogen-bond acceptors (Lipinski definition) is 11. The van der Waals surface area contributed by atoms with E-state index in [1.807, 2.05) is 0 Å². The average molecular weight is 640 g/mol. The molecule has 0 aliphatic heterocycles. The molecule has 2 amide bonds. The van der Waals surface area contributed by atoms with Crippen molar-refractivity contribution in [1.29, 1.82) is 0 Å². The molecule has 0 unspecified atom stereocenters. The first-order chi connectivity index (χ1) is 19.3. The Hall–Kier alpha value is -3.31. The number of hydrogen-bond donors (Lipinski definition) is 5. The Morgan fingerprint density at radius 3 is 1.78 bits per heavy atom. The molecule has 12 nitrogen and oxygen atoms in total. The number of nitrogens with one attached hydrogen (secondary N) is 2. The number of aryl methyl sites for hydroxylation is 2. The maximum absolute atomic E-state index is 12.6. The van der Waals surface area contributed by atoms with Crippen LogP contribution in [-0.4, -0.2) is 44.7 Å². The highest BCUT2D eigenvalue weighted by Gasteiger charge is 2.27. The highest BCUT2D eigenvalue weighted by Crippen LogP contribution is 2.38. The number of oxime groups is 2. The highest BCUT2D eigenvalue weighted by molar-refractivity contribution is 7.92. The van der Waals surface area contributed by atoms with Gasteiger partial charge in [0.05, 0.1) is 11.4 Å². The van der Waals surface area contributed by atoms with Crippen molar-refractivity contribution in [3.05, 3.63) is 62.3 Å². The monoisotopic (exact) mass is 639 g/mol. The van der Waals surface area contributed by atoms with Crippen molar-refractivity contribution in [2.24, 2.45) is 15.5 Å². The predicted molar refractivity (Wildman–Crippen MR) is 158 cm³/mol. The molecule has 0 saturated heterocycles. The lowest BCUT2D eigenvalue weighted by atomic mass is 9.99. The van der Waals surface area contributed by atoms with Crippen LogP contribution in [0.2, 0.25) is 0 Å². The zero-order chi connectivity index (χ0) is 29.9. The average Bonchev–Trinajstić information content (AvgIpc) is 3.73. The molecular weight excluding hydrogens is 611 g/mol. The molecule has 2 aliphatic carbocycles. The summed E-state index contributed by atoms with van der Waals surface area (Å²) in [5.74, 6) is 0. The molecule has 3 aromatic rings. The molecule has 1 aromatic carbocycles. The summed E-state index contributed by atoms with van der Waals surface area (Å²) >= 11 is 1.96. The van der Waals surface area contributed by atoms with Crippen LogP contribution in [-0.2, 0) is 45.7 Å². The summed E-state index contributed by atoms with van der Waals surface area (Å²) in [4.78, 5) is 12.5. The van der Waals surface area contributed by atoms with E-state index >= 15 is 0 Å². The van der Waals surface area contributed by atoms with Crippen molar-refractivity contribution < 1.29 is 32.0 Å². The van der Waals surface area contributed by atoms with Gasteiger partial charge in [0.15, 0.2) is 0 Å². The normalized spacial score (nSPS) is 15.1. The number of fused-ring (bicyclic) bond motifs is 2. The van der Waals surface area contributed by atoms with Gasteiger partial charge in [-0.25, -0.2) is 31.5 Å². The molecule has 2 aliphatic rings. The minimum Gasteiger partial charge on any atom is -0.411 e. The van der Waals surface area contributed by atoms with Crippen LogP contribution < -0.4 is 15.2 Å². The number of primary sulfonamides is 1. The van der Waals surface area contributed by atoms with E-state index in [1.165, 1.54) is 23.3 Å². The summed E-state index contributed by atoms with van der Waals surface area (Å²) < 4.78 is 49.0. The molecule has 6 N–H and O–H groups in total. The first-order valence-electron chi connectivity index (χ1n) is 12.4. The van der Waals surface area contributed by atoms with Gasteiger partial charge in [0.2, 0.25) is 10.0 Å². The molecule has 41 heavy (non-hydrogen) atoms. The lowest BCUT2D eigenvalue weighted by Crippen LogP contribution is -2.34. The molecule has 2 aromatic heterocycles. The maximum Gasteiger partial charge on any atom is 0.333 e. The second-order valence-electron chi connectivity index (χ2n) is 9.52. The van der Waals surface area contributed by atoms with Gasteiger partial charge >= 0.3 is 6.03 Å². The number of anilines is 1. The standard InChI is InChI=1S/C19H21N3O4S2.C6H8N2O3S2/c1-11(21-24)14-9-17(27-10-14)28(25,26)22-19(23)20-18-15-6-2-4-12(15)8-13-5-3-7-16(13)18;1-4(8-9)5-2-6(12-3-5)13(7,10)11/h8-10,24H,2-7H2,1H3,(H2,20,22,23);2-3,9H,1H3,(H2,7,10,11). The van der Waals surface area contributed by atoms with Crippen molar-refractivity contribution in [2.75, 3.05) is 5.32 Å². The number of sulfonamides is 2. The second kappa shape index (κ2) is 12.3. The van der Waals surface area contributed by atoms with E-state index in [0.29, 0.717) is 22.6 Å². The predicted octanol–water partition coefficient (Wildman–Crippen LogP) is 4.03. The van der Waals surface area contributed by atoms with E-state index in [-0.39, 0.29) is 8.42 Å². The Labute approximate surface area is 245 Å². The van der Waals surface area contributed by atoms with Crippen molar-refractivity contribution in [1.82, 2.24) is 4.72 Å². The van der Waals surface area contributed by atoms with Crippen molar-refractivity contribution >= 4 is 65.9 Å². The van der Waals surface area contributed by atoms with Gasteiger partial charge in [-0.1, -0.05) is 16.4 Å². The number of nitrogens with zero attached hydrogens (tertiary/aromatic N) is 2. The SMILES string of the molecule is CC(=NO)c1csc(S(=O)(=O)NC(=O)Nc2c3c(cc4c2CCC4)CCC3)c1.CC(=NO)c1csc(S(N)(=O)=O)c1. The molecule has 0 atom stereocenters. The van der Waals surface area contributed by atoms with Crippen molar-refractivity contribution in [2.45, 2.75) is 60.8 Å². The minimum atomic E-state index is -4.01. The van der Waals surface area contributed by atoms with Gasteiger partial charge in [0, 0.05) is 27.6 Å². The van der Waals surface area contributed by atoms with Crippen LogP contribution in [0.5, 0.6) is 0 Å². The largest absolute Gasteiger partial charge is 0.411 e. The number of benzene rings is 1. The van der Waals surface area contributed by atoms with Crippen LogP contribution in [0, 0.1) is 0 Å². The third kappa shape index (κ3) is 6.95. The van der Waals surface area contributed by atoms with E-state index in [4.69, 9.17) is 15.6 Å². The molecule has 16 heteroatoms. The molecule has 2 heterocycles. The summed E-state index contributed by atoms with van der Waals surface area (Å²) in [7, 11) is -7.65. The molecule has 220 valence electrons. The Morgan fingerprint density at radius 2 is 1.32 bits per heavy atom. The van der Waals surface area contributed by atoms with E-state index in [0.717, 1.165) is 78.0 Å². The fraction of sp³-hybridized carbons (Fsp3) is 0.320. The first kappa shape index (κ1) is 30.6. The molecule has 0 saturated carbocycles. The number of nitrogens with two attached hydrogens (primary N) is 1. The smallest absolute Gasteiger partial charge is 0.333 e. The Morgan fingerprint density at radius 1 is 0.829 bits per heavy atom. The lowest BCUT2D eigenvalue weighted by Gasteiger charge is -2.16. The number of thiophene rings is 2. The zero-order valence-electron chi connectivity index (χ0n) is 22.2. The number of rotatable bonds is 6. The number of urea groups is 1. The minimum absolute atomic E-state index is 0.0100. The first-order valence-corrected chi connectivity index (χ1v) is 17.2. The molecule has 5 rings (SSSR count). The molecule has 0 spiro atoms. The molecule has 0 bridgehead atoms. The van der Waals surface area contributed by atoms with Gasteiger partial charge in [0.1, 0.15) is 8.42 Å². The number of amides is 2. The van der Waals surface area contributed by atoms with Crippen LogP contribution in [0.4, 0.5) is 10.5 Å². The van der Waals surface area contributed by atoms with Gasteiger partial charge in [0.25, 0.3) is 10.0 Å². The van der Waals surface area contributed by atoms with Crippen molar-refractivity contribution in [3.8, 4) is 0 Å². The van der Waals surface area contributed by atoms with Gasteiger partial charge in [-0.2, -0.15) is 0 Å². The molecular formula is C25H29N5O7S4. The van der Waals surface area contributed by atoms with E-state index in [9.17, 15) is 21.6 Å². The topological polar surface area (TPSA) is 201 Å². The summed E-state index contributed by atoms with van der Waals surface area (Å²) in [5.41, 5.74) is 7.31. The third-order valence-electron chi connectivity index (χ3n) is 6.77. The summed E-state index contributed by atoms with van der Waals surface area (Å²) in [6.45, 7) is 3.13. The quantitative estimate of drug-likeness (QED) is 0.152. The van der Waals surface area contributed by atoms with Crippen molar-refractivity contribution in [3.63, 3.8) is 0 Å². The van der Waals surface area contributed by atoms with Gasteiger partial charge in [-0.15, -0.1) is 22.7 Å². The number of carbonyl (C=O) groups excluding carboxylic acids is 1. The van der Waals surface area contributed by atoms with E-state index < -0.39 is 26.1 Å². The fourth-order valence-electron chi connectivity index (χ4n) is 4.70. The van der Waals surface area contributed by atoms with Crippen LogP contribution in [0.15, 0.2) is 47.7 Å². The summed E-state index contributed by atoms with van der Waals surface area (Å²) in [6, 6.07) is 4.25. The summed E-state index contributed by atoms with van der Waals surface area (Å²) in [5, 5.41) is 34.1. The van der Waals surface area contributed by atoms with Gasteiger partial charge < -0.3 is 15.7 Å². The van der Waals surface area contributed by atoms with Crippen LogP contribution in [0.3, 0.4) is 0 Å². The second-order valence-corrected chi connectivity index (χ2v) is 15.0. The van der Waals surface area contributed by atoms with E-state index in [1.54, 1.807) is 24.6 Å². The Kier molecular flexibility index (Phi) is 9.18. The lowest BCUT2D eigenvalue weighted by molar-refractivity contribution is 0.256. The summed E-state index contributed by atoms with van der Waals surface area (Å²) in [6.07, 6.45) is 5.91. The maximum atomic E-state index is 12.6. The zero-order valence-corrected chi connectivity index (χ0v) is 25.4. The highest BCUT2D eigenvalue weighted by atomic mass is 32.3. The van der Waals surface area contributed by atoms with E-state index in [2.05, 4.69) is 26.4 Å². The fourth-order valence-corrected chi connectivity index (χ4v) is 8.48. The Bertz CT molecular complexity index is 1720. The van der Waals surface area contributed by atoms with Gasteiger partial charge in [-0.05, 0) is 86.8 Å². The van der Waals surface area contributed by atoms with Gasteiger partial charge in [-0.3, -0.25) is 0 Å². The van der Waals surface area contributed by atoms with Crippen LogP contribution >= 0.6 is 22.7 Å². The number of carbonyl (C=O) groups is 1. The third-order valence-corrected chi connectivity index (χ3v) is 11.9.